The first kappa shape index (κ1) is 16.2. The minimum Gasteiger partial charge on any atom is -0.353 e. The highest BCUT2D eigenvalue weighted by Gasteiger charge is 2.24. The lowest BCUT2D eigenvalue weighted by molar-refractivity contribution is -0.121. The zero-order valence-corrected chi connectivity index (χ0v) is 13.5. The van der Waals surface area contributed by atoms with Crippen LogP contribution in [-0.4, -0.2) is 40.8 Å². The highest BCUT2D eigenvalue weighted by molar-refractivity contribution is 5.93. The summed E-state index contributed by atoms with van der Waals surface area (Å²) in [6, 6.07) is 13.4. The van der Waals surface area contributed by atoms with E-state index in [1.54, 1.807) is 24.5 Å². The molecule has 2 heterocycles. The van der Waals surface area contributed by atoms with Gasteiger partial charge >= 0.3 is 0 Å². The third-order valence-corrected chi connectivity index (χ3v) is 4.26. The van der Waals surface area contributed by atoms with Crippen LogP contribution in [0.2, 0.25) is 0 Å². The fraction of sp³-hybridized carbons (Fsp3) is 0.316. The van der Waals surface area contributed by atoms with Crippen molar-refractivity contribution < 1.29 is 9.59 Å². The number of carbonyl (C=O) groups excluding carboxylic acids is 2. The summed E-state index contributed by atoms with van der Waals surface area (Å²) >= 11 is 0. The first-order valence-electron chi connectivity index (χ1n) is 8.25. The van der Waals surface area contributed by atoms with E-state index in [0.29, 0.717) is 25.1 Å². The third-order valence-electron chi connectivity index (χ3n) is 4.26. The summed E-state index contributed by atoms with van der Waals surface area (Å²) < 4.78 is 0. The first-order valence-corrected chi connectivity index (χ1v) is 8.25. The highest BCUT2D eigenvalue weighted by Crippen LogP contribution is 2.14. The Kier molecular flexibility index (Phi) is 5.21. The molecule has 24 heavy (non-hydrogen) atoms. The summed E-state index contributed by atoms with van der Waals surface area (Å²) in [5, 5.41) is 3.08. The number of benzene rings is 1. The number of hydrogen-bond acceptors (Lipinski definition) is 3. The van der Waals surface area contributed by atoms with Crippen LogP contribution < -0.4 is 5.32 Å². The van der Waals surface area contributed by atoms with Gasteiger partial charge in [0.2, 0.25) is 5.91 Å². The third kappa shape index (κ3) is 4.19. The highest BCUT2D eigenvalue weighted by atomic mass is 16.2. The molecular weight excluding hydrogens is 302 g/mol. The Morgan fingerprint density at radius 2 is 1.83 bits per heavy atom. The van der Waals surface area contributed by atoms with Gasteiger partial charge in [0.05, 0.1) is 12.0 Å². The van der Waals surface area contributed by atoms with Crippen LogP contribution in [0.1, 0.15) is 28.8 Å². The second-order valence-corrected chi connectivity index (χ2v) is 6.04. The van der Waals surface area contributed by atoms with Crippen molar-refractivity contribution in [2.24, 2.45) is 0 Å². The van der Waals surface area contributed by atoms with E-state index in [4.69, 9.17) is 0 Å². The molecule has 3 rings (SSSR count). The lowest BCUT2D eigenvalue weighted by Gasteiger charge is -2.32. The van der Waals surface area contributed by atoms with Gasteiger partial charge in [-0.05, 0) is 30.5 Å². The number of nitrogens with zero attached hydrogens (tertiary/aromatic N) is 2. The van der Waals surface area contributed by atoms with Crippen molar-refractivity contribution >= 4 is 11.8 Å². The molecule has 124 valence electrons. The monoisotopic (exact) mass is 323 g/mol. The molecule has 1 fully saturated rings. The van der Waals surface area contributed by atoms with E-state index in [1.807, 2.05) is 35.2 Å². The van der Waals surface area contributed by atoms with Crippen molar-refractivity contribution in [1.29, 1.82) is 0 Å². The first-order chi connectivity index (χ1) is 11.7. The van der Waals surface area contributed by atoms with E-state index in [2.05, 4.69) is 10.3 Å². The zero-order valence-electron chi connectivity index (χ0n) is 13.5. The molecule has 2 aromatic rings. The molecule has 5 heteroatoms. The molecule has 1 aliphatic rings. The summed E-state index contributed by atoms with van der Waals surface area (Å²) in [5.74, 6) is 0.0513. The maximum Gasteiger partial charge on any atom is 0.255 e. The minimum absolute atomic E-state index is 0.0113. The number of hydrogen-bond donors (Lipinski definition) is 1. The number of carbonyl (C=O) groups is 2. The second-order valence-electron chi connectivity index (χ2n) is 6.04. The fourth-order valence-electron chi connectivity index (χ4n) is 2.96. The molecule has 2 amide bonds. The maximum absolute atomic E-state index is 12.4. The Balaban J connectivity index is 1.47. The van der Waals surface area contributed by atoms with Crippen LogP contribution in [0.4, 0.5) is 0 Å². The van der Waals surface area contributed by atoms with Gasteiger partial charge in [-0.1, -0.05) is 30.3 Å². The minimum atomic E-state index is 0.0113. The normalized spacial score (nSPS) is 15.1. The SMILES string of the molecule is O=C(Cc1ccccc1)NC1CCN(C(=O)c2cccnc2)CC1. The number of aromatic nitrogens is 1. The Hall–Kier alpha value is -2.69. The topological polar surface area (TPSA) is 62.3 Å². The lowest BCUT2D eigenvalue weighted by Crippen LogP contribution is -2.46. The molecule has 1 aliphatic heterocycles. The van der Waals surface area contributed by atoms with E-state index in [1.165, 1.54) is 0 Å². The van der Waals surface area contributed by atoms with Gasteiger partial charge in [-0.15, -0.1) is 0 Å². The molecule has 1 saturated heterocycles. The Morgan fingerprint density at radius 1 is 1.08 bits per heavy atom. The predicted octanol–water partition coefficient (Wildman–Crippen LogP) is 2.05. The van der Waals surface area contributed by atoms with Crippen molar-refractivity contribution in [3.05, 3.63) is 66.0 Å². The van der Waals surface area contributed by atoms with Crippen LogP contribution in [0, 0.1) is 0 Å². The van der Waals surface area contributed by atoms with Crippen molar-refractivity contribution in [3.63, 3.8) is 0 Å². The number of pyridine rings is 1. The van der Waals surface area contributed by atoms with Crippen LogP contribution in [0.5, 0.6) is 0 Å². The molecule has 0 spiro atoms. The summed E-state index contributed by atoms with van der Waals surface area (Å²) in [4.78, 5) is 30.3. The molecule has 0 bridgehead atoms. The summed E-state index contributed by atoms with van der Waals surface area (Å²) in [7, 11) is 0. The van der Waals surface area contributed by atoms with Gasteiger partial charge in [-0.3, -0.25) is 14.6 Å². The molecule has 5 nitrogen and oxygen atoms in total. The fourth-order valence-corrected chi connectivity index (χ4v) is 2.96. The summed E-state index contributed by atoms with van der Waals surface area (Å²) in [5.41, 5.74) is 1.63. The maximum atomic E-state index is 12.4. The molecular formula is C19H21N3O2. The molecule has 0 atom stereocenters. The molecule has 1 aromatic heterocycles. The lowest BCUT2D eigenvalue weighted by atomic mass is 10.0. The van der Waals surface area contributed by atoms with Gasteiger partial charge in [-0.25, -0.2) is 0 Å². The van der Waals surface area contributed by atoms with E-state index in [9.17, 15) is 9.59 Å². The quantitative estimate of drug-likeness (QED) is 0.936. The second kappa shape index (κ2) is 7.73. The van der Waals surface area contributed by atoms with Gasteiger partial charge in [0.15, 0.2) is 0 Å². The van der Waals surface area contributed by atoms with Crippen LogP contribution in [0.25, 0.3) is 0 Å². The van der Waals surface area contributed by atoms with Gasteiger partial charge in [-0.2, -0.15) is 0 Å². The average Bonchev–Trinajstić information content (AvgIpc) is 2.63. The van der Waals surface area contributed by atoms with Crippen molar-refractivity contribution in [1.82, 2.24) is 15.2 Å². The molecule has 1 aromatic carbocycles. The number of likely N-dealkylation sites (tertiary alicyclic amines) is 1. The van der Waals surface area contributed by atoms with E-state index < -0.39 is 0 Å². The van der Waals surface area contributed by atoms with Crippen molar-refractivity contribution in [3.8, 4) is 0 Å². The van der Waals surface area contributed by atoms with E-state index >= 15 is 0 Å². The largest absolute Gasteiger partial charge is 0.353 e. The summed E-state index contributed by atoms with van der Waals surface area (Å²) in [6.45, 7) is 1.31. The Labute approximate surface area is 141 Å². The van der Waals surface area contributed by atoms with Crippen LogP contribution >= 0.6 is 0 Å². The van der Waals surface area contributed by atoms with Gasteiger partial charge in [0.1, 0.15) is 0 Å². The van der Waals surface area contributed by atoms with Gasteiger partial charge in [0.25, 0.3) is 5.91 Å². The number of amides is 2. The summed E-state index contributed by atoms with van der Waals surface area (Å²) in [6.07, 6.45) is 5.22. The number of nitrogens with one attached hydrogen (secondary N) is 1. The number of rotatable bonds is 4. The molecule has 0 unspecified atom stereocenters. The standard InChI is InChI=1S/C19H21N3O2/c23-18(13-15-5-2-1-3-6-15)21-17-8-11-22(12-9-17)19(24)16-7-4-10-20-14-16/h1-7,10,14,17H,8-9,11-13H2,(H,21,23). The molecule has 0 saturated carbocycles. The smallest absolute Gasteiger partial charge is 0.255 e. The number of piperidine rings is 1. The molecule has 0 aliphatic carbocycles. The van der Waals surface area contributed by atoms with Gasteiger partial charge in [0, 0.05) is 31.5 Å². The predicted molar refractivity (Wildman–Crippen MR) is 91.5 cm³/mol. The van der Waals surface area contributed by atoms with E-state index in [0.717, 1.165) is 18.4 Å². The van der Waals surface area contributed by atoms with Crippen molar-refractivity contribution in [2.45, 2.75) is 25.3 Å². The average molecular weight is 323 g/mol. The van der Waals surface area contributed by atoms with Crippen LogP contribution in [0.3, 0.4) is 0 Å². The molecule has 0 radical (unpaired) electrons. The Bertz CT molecular complexity index is 680. The van der Waals surface area contributed by atoms with E-state index in [-0.39, 0.29) is 17.9 Å². The van der Waals surface area contributed by atoms with Gasteiger partial charge < -0.3 is 10.2 Å². The molecule has 1 N–H and O–H groups in total. The van der Waals surface area contributed by atoms with Crippen molar-refractivity contribution in [2.75, 3.05) is 13.1 Å². The van der Waals surface area contributed by atoms with Crippen LogP contribution in [0.15, 0.2) is 54.9 Å². The zero-order chi connectivity index (χ0) is 16.8. The Morgan fingerprint density at radius 3 is 2.50 bits per heavy atom. The van der Waals surface area contributed by atoms with Crippen LogP contribution in [-0.2, 0) is 11.2 Å².